The highest BCUT2D eigenvalue weighted by Gasteiger charge is 2.20. The monoisotopic (exact) mass is 434 g/mol. The lowest BCUT2D eigenvalue weighted by molar-refractivity contribution is 0.186. The minimum Gasteiger partial charge on any atom is -0.348 e. The molecule has 0 spiro atoms. The van der Waals surface area contributed by atoms with Gasteiger partial charge in [-0.1, -0.05) is 54.0 Å². The van der Waals surface area contributed by atoms with Crippen molar-refractivity contribution in [3.63, 3.8) is 0 Å². The molecule has 3 rings (SSSR count). The molecule has 2 aromatic carbocycles. The third-order valence-electron chi connectivity index (χ3n) is 4.79. The van der Waals surface area contributed by atoms with Gasteiger partial charge in [0, 0.05) is 42.8 Å². The normalized spacial score (nSPS) is 15.7. The van der Waals surface area contributed by atoms with Crippen LogP contribution in [0.1, 0.15) is 11.1 Å². The summed E-state index contributed by atoms with van der Waals surface area (Å²) in [6.07, 6.45) is 1.02. The van der Waals surface area contributed by atoms with Crippen molar-refractivity contribution in [2.45, 2.75) is 6.42 Å². The zero-order valence-corrected chi connectivity index (χ0v) is 18.0. The summed E-state index contributed by atoms with van der Waals surface area (Å²) >= 11 is 13.1. The van der Waals surface area contributed by atoms with E-state index < -0.39 is 0 Å². The predicted molar refractivity (Wildman–Crippen MR) is 123 cm³/mol. The maximum absolute atomic E-state index is 5.95. The van der Waals surface area contributed by atoms with Gasteiger partial charge in [0.2, 0.25) is 0 Å². The second-order valence-corrected chi connectivity index (χ2v) is 8.14. The Labute approximate surface area is 181 Å². The van der Waals surface area contributed by atoms with Gasteiger partial charge >= 0.3 is 0 Å². The number of halogens is 2. The Morgan fingerprint density at radius 1 is 0.964 bits per heavy atom. The maximum atomic E-state index is 5.95. The first-order valence-corrected chi connectivity index (χ1v) is 10.8. The molecule has 0 saturated carbocycles. The fourth-order valence-electron chi connectivity index (χ4n) is 3.09. The summed E-state index contributed by atoms with van der Waals surface area (Å²) in [5.74, 6) is 0. The number of hydrogen-bond acceptors (Lipinski definition) is 4. The van der Waals surface area contributed by atoms with Crippen LogP contribution in [0.4, 0.5) is 0 Å². The van der Waals surface area contributed by atoms with Crippen LogP contribution >= 0.6 is 35.1 Å². The summed E-state index contributed by atoms with van der Waals surface area (Å²) in [5.41, 5.74) is 2.94. The highest BCUT2D eigenvalue weighted by atomic mass is 35.5. The van der Waals surface area contributed by atoms with Gasteiger partial charge in [0.25, 0.3) is 0 Å². The van der Waals surface area contributed by atoms with Crippen molar-refractivity contribution >= 4 is 46.0 Å². The third-order valence-corrected chi connectivity index (χ3v) is 5.85. The standard InChI is InChI=1S/C21H24Cl2N4S/c1-16(18-4-8-20(23)9-5-18)25-21(28-24)27-14-12-26(13-15-27)11-10-17-2-6-19(22)7-3-17/h2-9H,1,10-15,24H2/b25-21-. The number of benzene rings is 2. The summed E-state index contributed by atoms with van der Waals surface area (Å²) in [4.78, 5) is 9.35. The molecule has 1 heterocycles. The predicted octanol–water partition coefficient (Wildman–Crippen LogP) is 4.79. The average Bonchev–Trinajstić information content (AvgIpc) is 2.72. The SMILES string of the molecule is C=C(/N=C(\SN)N1CCN(CCc2ccc(Cl)cc2)CC1)c1ccc(Cl)cc1. The number of aliphatic imine (C=N–C) groups is 1. The van der Waals surface area contributed by atoms with Gasteiger partial charge in [0.1, 0.15) is 0 Å². The number of nitrogens with two attached hydrogens (primary N) is 1. The van der Waals surface area contributed by atoms with E-state index in [-0.39, 0.29) is 0 Å². The van der Waals surface area contributed by atoms with E-state index >= 15 is 0 Å². The molecule has 4 nitrogen and oxygen atoms in total. The van der Waals surface area contributed by atoms with Crippen LogP contribution in [-0.2, 0) is 6.42 Å². The van der Waals surface area contributed by atoms with Crippen LogP contribution in [0.3, 0.4) is 0 Å². The number of nitrogens with zero attached hydrogens (tertiary/aromatic N) is 3. The summed E-state index contributed by atoms with van der Waals surface area (Å²) in [5, 5.41) is 8.18. The van der Waals surface area contributed by atoms with Gasteiger partial charge in [-0.05, 0) is 53.8 Å². The van der Waals surface area contributed by atoms with E-state index in [9.17, 15) is 0 Å². The summed E-state index contributed by atoms with van der Waals surface area (Å²) < 4.78 is 0. The first-order valence-electron chi connectivity index (χ1n) is 9.17. The molecule has 148 valence electrons. The molecular formula is C21H24Cl2N4S. The van der Waals surface area contributed by atoms with Crippen molar-refractivity contribution in [1.82, 2.24) is 9.80 Å². The number of rotatable bonds is 5. The highest BCUT2D eigenvalue weighted by molar-refractivity contribution is 8.11. The first-order chi connectivity index (χ1) is 13.5. The van der Waals surface area contributed by atoms with Gasteiger partial charge in [-0.2, -0.15) is 0 Å². The van der Waals surface area contributed by atoms with Crippen LogP contribution in [0.5, 0.6) is 0 Å². The molecule has 2 aromatic rings. The molecule has 28 heavy (non-hydrogen) atoms. The molecule has 0 radical (unpaired) electrons. The lowest BCUT2D eigenvalue weighted by Gasteiger charge is -2.35. The Morgan fingerprint density at radius 3 is 2.11 bits per heavy atom. The molecular weight excluding hydrogens is 411 g/mol. The Balaban J connectivity index is 1.52. The van der Waals surface area contributed by atoms with E-state index in [0.29, 0.717) is 10.7 Å². The second kappa shape index (κ2) is 10.3. The topological polar surface area (TPSA) is 44.9 Å². The molecule has 1 aliphatic heterocycles. The molecule has 0 atom stereocenters. The molecule has 1 aliphatic rings. The number of piperazine rings is 1. The van der Waals surface area contributed by atoms with Crippen LogP contribution in [0, 0.1) is 0 Å². The summed E-state index contributed by atoms with van der Waals surface area (Å²) in [6.45, 7) is 8.89. The smallest absolute Gasteiger partial charge is 0.179 e. The van der Waals surface area contributed by atoms with Crippen molar-refractivity contribution in [3.05, 3.63) is 76.3 Å². The molecule has 0 bridgehead atoms. The minimum atomic E-state index is 0.690. The third kappa shape index (κ3) is 6.00. The second-order valence-electron chi connectivity index (χ2n) is 6.67. The van der Waals surface area contributed by atoms with Crippen LogP contribution in [0.15, 0.2) is 60.1 Å². The molecule has 1 fully saturated rings. The van der Waals surface area contributed by atoms with Crippen molar-refractivity contribution in [2.75, 3.05) is 32.7 Å². The van der Waals surface area contributed by atoms with Crippen molar-refractivity contribution in [2.24, 2.45) is 10.1 Å². The van der Waals surface area contributed by atoms with E-state index in [4.69, 9.17) is 28.3 Å². The van der Waals surface area contributed by atoms with E-state index in [2.05, 4.69) is 33.5 Å². The summed E-state index contributed by atoms with van der Waals surface area (Å²) in [7, 11) is 0. The van der Waals surface area contributed by atoms with Crippen molar-refractivity contribution in [3.8, 4) is 0 Å². The fourth-order valence-corrected chi connectivity index (χ4v) is 3.84. The molecule has 0 amide bonds. The maximum Gasteiger partial charge on any atom is 0.179 e. The molecule has 2 N–H and O–H groups in total. The highest BCUT2D eigenvalue weighted by Crippen LogP contribution is 2.20. The Morgan fingerprint density at radius 2 is 1.54 bits per heavy atom. The Kier molecular flexibility index (Phi) is 7.82. The minimum absolute atomic E-state index is 0.690. The van der Waals surface area contributed by atoms with Gasteiger partial charge in [-0.15, -0.1) is 0 Å². The summed E-state index contributed by atoms with van der Waals surface area (Å²) in [6, 6.07) is 15.6. The van der Waals surface area contributed by atoms with Crippen LogP contribution < -0.4 is 5.14 Å². The van der Waals surface area contributed by atoms with Crippen LogP contribution in [0.25, 0.3) is 5.70 Å². The van der Waals surface area contributed by atoms with Crippen LogP contribution in [-0.4, -0.2) is 47.7 Å². The molecule has 0 unspecified atom stereocenters. The molecule has 0 aliphatic carbocycles. The van der Waals surface area contributed by atoms with Crippen molar-refractivity contribution < 1.29 is 0 Å². The van der Waals surface area contributed by atoms with Crippen molar-refractivity contribution in [1.29, 1.82) is 0 Å². The van der Waals surface area contributed by atoms with Gasteiger partial charge in [-0.3, -0.25) is 10.0 Å². The van der Waals surface area contributed by atoms with E-state index in [0.717, 1.165) is 54.9 Å². The number of hydrogen-bond donors (Lipinski definition) is 1. The van der Waals surface area contributed by atoms with Gasteiger partial charge in [0.05, 0.1) is 5.70 Å². The van der Waals surface area contributed by atoms with Gasteiger partial charge in [0.15, 0.2) is 5.17 Å². The van der Waals surface area contributed by atoms with Gasteiger partial charge in [-0.25, -0.2) is 4.99 Å². The van der Waals surface area contributed by atoms with E-state index in [1.54, 1.807) is 0 Å². The molecule has 0 aromatic heterocycles. The zero-order chi connectivity index (χ0) is 19.9. The number of amidine groups is 1. The largest absolute Gasteiger partial charge is 0.348 e. The fraction of sp³-hybridized carbons (Fsp3) is 0.286. The zero-order valence-electron chi connectivity index (χ0n) is 15.7. The Bertz CT molecular complexity index is 813. The van der Waals surface area contributed by atoms with Gasteiger partial charge < -0.3 is 4.90 Å². The Hall–Kier alpha value is -1.50. The molecule has 1 saturated heterocycles. The van der Waals surface area contributed by atoms with E-state index in [1.165, 1.54) is 17.5 Å². The lowest BCUT2D eigenvalue weighted by Crippen LogP contribution is -2.48. The average molecular weight is 435 g/mol. The van der Waals surface area contributed by atoms with Crippen LogP contribution in [0.2, 0.25) is 10.0 Å². The van der Waals surface area contributed by atoms with E-state index in [1.807, 2.05) is 36.4 Å². The molecule has 7 heteroatoms. The first kappa shape index (κ1) is 21.2. The quantitative estimate of drug-likeness (QED) is 0.417. The lowest BCUT2D eigenvalue weighted by atomic mass is 10.1.